The molecule has 2 aromatic rings. The number of aliphatic hydroxyl groups is 1. The number of primary sulfonamides is 1. The van der Waals surface area contributed by atoms with Crippen LogP contribution in [0.2, 0.25) is 0 Å². The van der Waals surface area contributed by atoms with Crippen LogP contribution in [0, 0.1) is 12.8 Å². The standard InChI is InChI=1S/C24H36N2O4S/c1-17-23(31(25,28)29)15-22(26(17)16-18-8-6-5-7-9-18)19-12-20(24(2,3)4)14-21(13-19)30-11-10-27/h12-15,18,27H,5-11,16H2,1-4H3,(H2,25,28,29). The minimum absolute atomic E-state index is 0.0676. The fourth-order valence-electron chi connectivity index (χ4n) is 4.44. The number of hydrogen-bond donors (Lipinski definition) is 2. The molecule has 172 valence electrons. The normalized spacial score (nSPS) is 15.9. The summed E-state index contributed by atoms with van der Waals surface area (Å²) in [5.41, 5.74) is 3.38. The number of rotatable bonds is 7. The van der Waals surface area contributed by atoms with E-state index in [0.717, 1.165) is 36.2 Å². The third-order valence-electron chi connectivity index (χ3n) is 6.22. The first kappa shape index (κ1) is 23.8. The highest BCUT2D eigenvalue weighted by Gasteiger charge is 2.25. The maximum absolute atomic E-state index is 12.3. The van der Waals surface area contributed by atoms with Crippen molar-refractivity contribution in [2.75, 3.05) is 13.2 Å². The Morgan fingerprint density at radius 1 is 1.13 bits per heavy atom. The number of hydrogen-bond acceptors (Lipinski definition) is 4. The van der Waals surface area contributed by atoms with Crippen LogP contribution < -0.4 is 9.88 Å². The van der Waals surface area contributed by atoms with E-state index in [9.17, 15) is 13.5 Å². The molecule has 3 N–H and O–H groups in total. The molecule has 0 bridgehead atoms. The molecule has 1 saturated carbocycles. The van der Waals surface area contributed by atoms with Crippen molar-refractivity contribution >= 4 is 10.0 Å². The predicted octanol–water partition coefficient (Wildman–Crippen LogP) is 4.36. The second-order valence-electron chi connectivity index (χ2n) is 9.71. The molecular weight excluding hydrogens is 412 g/mol. The molecule has 0 unspecified atom stereocenters. The van der Waals surface area contributed by atoms with Gasteiger partial charge >= 0.3 is 0 Å². The molecule has 1 aliphatic carbocycles. The average molecular weight is 449 g/mol. The first-order valence-corrected chi connectivity index (χ1v) is 12.7. The summed E-state index contributed by atoms with van der Waals surface area (Å²) in [5, 5.41) is 14.7. The number of aliphatic hydroxyl groups excluding tert-OH is 1. The Balaban J connectivity index is 2.15. The maximum atomic E-state index is 12.3. The molecule has 31 heavy (non-hydrogen) atoms. The summed E-state index contributed by atoms with van der Waals surface area (Å²) in [6.07, 6.45) is 6.04. The van der Waals surface area contributed by atoms with Crippen molar-refractivity contribution < 1.29 is 18.3 Å². The number of aromatic nitrogens is 1. The van der Waals surface area contributed by atoms with E-state index in [2.05, 4.69) is 31.4 Å². The number of ether oxygens (including phenoxy) is 1. The monoisotopic (exact) mass is 448 g/mol. The molecule has 1 heterocycles. The van der Waals surface area contributed by atoms with E-state index in [0.29, 0.717) is 17.4 Å². The van der Waals surface area contributed by atoms with Crippen LogP contribution in [0.5, 0.6) is 5.75 Å². The molecule has 0 radical (unpaired) electrons. The van der Waals surface area contributed by atoms with Crippen molar-refractivity contribution in [3.63, 3.8) is 0 Å². The summed E-state index contributed by atoms with van der Waals surface area (Å²) >= 11 is 0. The topological polar surface area (TPSA) is 94.6 Å². The van der Waals surface area contributed by atoms with Gasteiger partial charge in [0.2, 0.25) is 10.0 Å². The lowest BCUT2D eigenvalue weighted by Crippen LogP contribution is -2.17. The minimum atomic E-state index is -3.83. The number of nitrogens with two attached hydrogens (primary N) is 1. The van der Waals surface area contributed by atoms with Crippen LogP contribution in [0.25, 0.3) is 11.3 Å². The average Bonchev–Trinajstić information content (AvgIpc) is 3.03. The van der Waals surface area contributed by atoms with Crippen molar-refractivity contribution in [1.29, 1.82) is 0 Å². The summed E-state index contributed by atoms with van der Waals surface area (Å²) in [6.45, 7) is 9.14. The lowest BCUT2D eigenvalue weighted by Gasteiger charge is -2.25. The van der Waals surface area contributed by atoms with Gasteiger partial charge in [0.15, 0.2) is 0 Å². The first-order chi connectivity index (χ1) is 14.5. The molecule has 0 amide bonds. The summed E-state index contributed by atoms with van der Waals surface area (Å²) < 4.78 is 32.4. The Labute approximate surface area is 186 Å². The molecule has 1 fully saturated rings. The smallest absolute Gasteiger partial charge is 0.239 e. The van der Waals surface area contributed by atoms with Gasteiger partial charge in [0.05, 0.1) is 6.61 Å². The van der Waals surface area contributed by atoms with Crippen LogP contribution in [-0.4, -0.2) is 31.3 Å². The van der Waals surface area contributed by atoms with E-state index in [-0.39, 0.29) is 23.5 Å². The van der Waals surface area contributed by atoms with Gasteiger partial charge in [-0.3, -0.25) is 0 Å². The van der Waals surface area contributed by atoms with E-state index in [1.165, 1.54) is 19.3 Å². The third-order valence-corrected chi connectivity index (χ3v) is 7.25. The molecule has 3 rings (SSSR count). The number of sulfonamides is 1. The predicted molar refractivity (Wildman–Crippen MR) is 124 cm³/mol. The second kappa shape index (κ2) is 9.35. The second-order valence-corrected chi connectivity index (χ2v) is 11.2. The van der Waals surface area contributed by atoms with E-state index in [1.807, 2.05) is 19.1 Å². The molecule has 0 spiro atoms. The molecular formula is C24H36N2O4S. The van der Waals surface area contributed by atoms with Gasteiger partial charge in [-0.2, -0.15) is 0 Å². The quantitative estimate of drug-likeness (QED) is 0.658. The van der Waals surface area contributed by atoms with Crippen molar-refractivity contribution in [1.82, 2.24) is 4.57 Å². The van der Waals surface area contributed by atoms with Crippen molar-refractivity contribution in [2.45, 2.75) is 76.7 Å². The Bertz CT molecular complexity index is 1010. The van der Waals surface area contributed by atoms with Gasteiger partial charge in [0.25, 0.3) is 0 Å². The van der Waals surface area contributed by atoms with Gasteiger partial charge in [0, 0.05) is 23.5 Å². The van der Waals surface area contributed by atoms with Crippen LogP contribution in [0.4, 0.5) is 0 Å². The number of nitrogens with zero attached hydrogens (tertiary/aromatic N) is 1. The Morgan fingerprint density at radius 3 is 2.39 bits per heavy atom. The van der Waals surface area contributed by atoms with E-state index in [1.54, 1.807) is 6.07 Å². The Morgan fingerprint density at radius 2 is 1.81 bits per heavy atom. The Kier molecular flexibility index (Phi) is 7.18. The zero-order valence-electron chi connectivity index (χ0n) is 19.1. The molecule has 0 aliphatic heterocycles. The third kappa shape index (κ3) is 5.70. The van der Waals surface area contributed by atoms with E-state index >= 15 is 0 Å². The molecule has 7 heteroatoms. The molecule has 1 aromatic heterocycles. The lowest BCUT2D eigenvalue weighted by atomic mass is 9.85. The highest BCUT2D eigenvalue weighted by Crippen LogP contribution is 2.36. The summed E-state index contributed by atoms with van der Waals surface area (Å²) in [6, 6.07) is 7.71. The zero-order valence-corrected chi connectivity index (χ0v) is 20.0. The van der Waals surface area contributed by atoms with Crippen LogP contribution in [0.1, 0.15) is 64.1 Å². The molecule has 6 nitrogen and oxygen atoms in total. The fourth-order valence-corrected chi connectivity index (χ4v) is 5.24. The Hall–Kier alpha value is -1.83. The fraction of sp³-hybridized carbons (Fsp3) is 0.583. The van der Waals surface area contributed by atoms with Crippen molar-refractivity contribution in [2.24, 2.45) is 11.1 Å². The highest BCUT2D eigenvalue weighted by molar-refractivity contribution is 7.89. The van der Waals surface area contributed by atoms with Crippen molar-refractivity contribution in [3.05, 3.63) is 35.5 Å². The largest absolute Gasteiger partial charge is 0.491 e. The van der Waals surface area contributed by atoms with Gasteiger partial charge in [0.1, 0.15) is 17.3 Å². The zero-order chi connectivity index (χ0) is 22.8. The summed E-state index contributed by atoms with van der Waals surface area (Å²) in [7, 11) is -3.83. The van der Waals surface area contributed by atoms with E-state index in [4.69, 9.17) is 9.88 Å². The van der Waals surface area contributed by atoms with Crippen molar-refractivity contribution in [3.8, 4) is 17.0 Å². The summed E-state index contributed by atoms with van der Waals surface area (Å²) in [5.74, 6) is 1.19. The van der Waals surface area contributed by atoms with Crippen LogP contribution in [-0.2, 0) is 22.0 Å². The van der Waals surface area contributed by atoms with Gasteiger partial charge in [-0.05, 0) is 60.9 Å². The van der Waals surface area contributed by atoms with Crippen LogP contribution in [0.15, 0.2) is 29.2 Å². The SMILES string of the molecule is Cc1c(S(N)(=O)=O)cc(-c2cc(OCCO)cc(C(C)(C)C)c2)n1CC1CCCCC1. The molecule has 0 saturated heterocycles. The number of benzene rings is 1. The molecule has 0 atom stereocenters. The maximum Gasteiger partial charge on any atom is 0.239 e. The van der Waals surface area contributed by atoms with E-state index < -0.39 is 10.0 Å². The molecule has 1 aromatic carbocycles. The highest BCUT2D eigenvalue weighted by atomic mass is 32.2. The first-order valence-electron chi connectivity index (χ1n) is 11.1. The van der Waals surface area contributed by atoms with Gasteiger partial charge in [-0.15, -0.1) is 0 Å². The van der Waals surface area contributed by atoms with Crippen LogP contribution >= 0.6 is 0 Å². The van der Waals surface area contributed by atoms with Gasteiger partial charge < -0.3 is 14.4 Å². The summed E-state index contributed by atoms with van der Waals surface area (Å²) in [4.78, 5) is 0.178. The lowest BCUT2D eigenvalue weighted by molar-refractivity contribution is 0.201. The van der Waals surface area contributed by atoms with Crippen LogP contribution in [0.3, 0.4) is 0 Å². The minimum Gasteiger partial charge on any atom is -0.491 e. The van der Waals surface area contributed by atoms with Gasteiger partial charge in [-0.1, -0.05) is 40.0 Å². The van der Waals surface area contributed by atoms with Gasteiger partial charge in [-0.25, -0.2) is 13.6 Å². The molecule has 1 aliphatic rings.